The number of carbonyl (C=O) groups excluding carboxylic acids is 1. The van der Waals surface area contributed by atoms with E-state index in [-0.39, 0.29) is 23.8 Å². The lowest BCUT2D eigenvalue weighted by atomic mass is 9.81. The second kappa shape index (κ2) is 17.8. The third kappa shape index (κ3) is 11.1. The van der Waals surface area contributed by atoms with Gasteiger partial charge in [-0.25, -0.2) is 25.3 Å². The van der Waals surface area contributed by atoms with Crippen molar-refractivity contribution < 1.29 is 48.3 Å². The van der Waals surface area contributed by atoms with E-state index in [2.05, 4.69) is 10.2 Å². The molecule has 0 unspecified atom stereocenters. The molecule has 0 aromatic heterocycles. The Hall–Kier alpha value is -3.45. The van der Waals surface area contributed by atoms with Crippen LogP contribution in [0.4, 0.5) is 11.4 Å². The molecule has 0 atom stereocenters. The fraction of sp³-hybridized carbons (Fsp3) is 0.526. The molecule has 0 saturated carbocycles. The number of nitrogens with zero attached hydrogens (tertiary/aromatic N) is 2. The highest BCUT2D eigenvalue weighted by molar-refractivity contribution is 7.86. The quantitative estimate of drug-likeness (QED) is 0.109. The van der Waals surface area contributed by atoms with E-state index in [9.17, 15) is 43.7 Å². The summed E-state index contributed by atoms with van der Waals surface area (Å²) in [6, 6.07) is 8.37. The number of nitrogens with two attached hydrogens (primary N) is 1. The highest BCUT2D eigenvalue weighted by Crippen LogP contribution is 2.49. The third-order valence-corrected chi connectivity index (χ3v) is 12.8. The van der Waals surface area contributed by atoms with Crippen LogP contribution >= 0.6 is 0 Å². The number of unbranched alkanes of at least 4 members (excludes halogenated alkanes) is 5. The number of benzene rings is 2. The molecular formula is C38H52N4O10S3-2. The Kier molecular flexibility index (Phi) is 14.3. The van der Waals surface area contributed by atoms with Crippen LogP contribution in [-0.2, 0) is 46.0 Å². The highest BCUT2D eigenvalue weighted by Gasteiger charge is 2.45. The molecule has 0 saturated heterocycles. The van der Waals surface area contributed by atoms with Crippen LogP contribution in [0.2, 0.25) is 0 Å². The normalized spacial score (nSPS) is 17.3. The van der Waals surface area contributed by atoms with Crippen LogP contribution in [0.3, 0.4) is 0 Å². The van der Waals surface area contributed by atoms with Gasteiger partial charge in [0.05, 0.1) is 25.3 Å². The van der Waals surface area contributed by atoms with Crippen molar-refractivity contribution in [2.45, 2.75) is 106 Å². The van der Waals surface area contributed by atoms with E-state index in [1.165, 1.54) is 30.3 Å². The Bertz CT molecular complexity index is 2180. The monoisotopic (exact) mass is 820 g/mol. The van der Waals surface area contributed by atoms with Gasteiger partial charge in [0, 0.05) is 66.2 Å². The van der Waals surface area contributed by atoms with Gasteiger partial charge < -0.3 is 29.6 Å². The minimum atomic E-state index is -4.77. The van der Waals surface area contributed by atoms with Crippen LogP contribution in [0.15, 0.2) is 70.1 Å². The van der Waals surface area contributed by atoms with Crippen LogP contribution in [-0.4, -0.2) is 87.0 Å². The number of amides is 1. The lowest BCUT2D eigenvalue weighted by Crippen LogP contribution is -2.29. The van der Waals surface area contributed by atoms with Gasteiger partial charge in [0.2, 0.25) is 11.6 Å². The van der Waals surface area contributed by atoms with E-state index in [1.807, 2.05) is 44.4 Å². The maximum atomic E-state index is 12.4. The summed E-state index contributed by atoms with van der Waals surface area (Å²) in [5, 5.41) is 2.97. The molecule has 17 heteroatoms. The molecule has 2 aromatic carbocycles. The zero-order chi connectivity index (χ0) is 40.8. The van der Waals surface area contributed by atoms with Gasteiger partial charge in [-0.15, -0.1) is 0 Å². The average Bonchev–Trinajstić information content (AvgIpc) is 3.42. The maximum absolute atomic E-state index is 12.4. The molecule has 3 N–H and O–H groups in total. The predicted molar refractivity (Wildman–Crippen MR) is 207 cm³/mol. The zero-order valence-electron chi connectivity index (χ0n) is 31.9. The van der Waals surface area contributed by atoms with E-state index in [1.54, 1.807) is 12.1 Å². The summed E-state index contributed by atoms with van der Waals surface area (Å²) in [5.41, 5.74) is 7.93. The Morgan fingerprint density at radius 3 is 2.05 bits per heavy atom. The van der Waals surface area contributed by atoms with Crippen LogP contribution in [0.5, 0.6) is 0 Å². The van der Waals surface area contributed by atoms with Crippen molar-refractivity contribution in [2.24, 2.45) is 5.73 Å². The van der Waals surface area contributed by atoms with Crippen molar-refractivity contribution in [1.29, 1.82) is 0 Å². The Morgan fingerprint density at radius 1 is 0.800 bits per heavy atom. The molecule has 2 aliphatic rings. The first-order valence-corrected chi connectivity index (χ1v) is 22.9. The molecule has 2 aromatic rings. The fourth-order valence-corrected chi connectivity index (χ4v) is 8.88. The third-order valence-electron chi connectivity index (χ3n) is 10.3. The lowest BCUT2D eigenvalue weighted by molar-refractivity contribution is -0.437. The zero-order valence-corrected chi connectivity index (χ0v) is 34.3. The number of hydrogen-bond donors (Lipinski definition) is 2. The summed E-state index contributed by atoms with van der Waals surface area (Å²) in [5.74, 6) is -0.594. The summed E-state index contributed by atoms with van der Waals surface area (Å²) >= 11 is 0. The van der Waals surface area contributed by atoms with E-state index >= 15 is 0 Å². The average molecular weight is 821 g/mol. The Balaban J connectivity index is 1.62. The Morgan fingerprint density at radius 2 is 1.42 bits per heavy atom. The molecule has 1 amide bonds. The van der Waals surface area contributed by atoms with E-state index in [0.29, 0.717) is 61.4 Å². The molecule has 0 aliphatic carbocycles. The van der Waals surface area contributed by atoms with Gasteiger partial charge in [0.15, 0.2) is 5.71 Å². The van der Waals surface area contributed by atoms with Crippen LogP contribution in [0, 0.1) is 0 Å². The van der Waals surface area contributed by atoms with Crippen molar-refractivity contribution >= 4 is 53.3 Å². The number of hydrogen-bond acceptors (Lipinski definition) is 12. The molecule has 0 bridgehead atoms. The summed E-state index contributed by atoms with van der Waals surface area (Å²) in [6.45, 7) is 9.52. The lowest BCUT2D eigenvalue weighted by Gasteiger charge is -2.27. The minimum absolute atomic E-state index is 0.000637. The molecular weight excluding hydrogens is 769 g/mol. The molecule has 0 radical (unpaired) electrons. The molecule has 2 heterocycles. The first-order chi connectivity index (χ1) is 25.6. The van der Waals surface area contributed by atoms with Crippen molar-refractivity contribution in [1.82, 2.24) is 5.32 Å². The molecule has 304 valence electrons. The van der Waals surface area contributed by atoms with Crippen LogP contribution < -0.4 is 16.0 Å². The summed E-state index contributed by atoms with van der Waals surface area (Å²) in [7, 11) is -14.0. The van der Waals surface area contributed by atoms with E-state index in [0.717, 1.165) is 43.5 Å². The van der Waals surface area contributed by atoms with Gasteiger partial charge in [-0.2, -0.15) is 4.58 Å². The number of rotatable bonds is 20. The molecule has 0 fully saturated rings. The standard InChI is InChI=1S/C38H54N4O10S3/c1-37(2)30-26-28(54(47,48)49)17-19-32(30)41(23-11-7-8-16-36(43)40-22-10-6-5-9-21-39)34(37)14-12-15-35-38(3,4)31-27-29(55(50,51)52)18-20-33(31)42(35)24-13-25-53(44,45)46/h12,14-15,17-20,26-27H,5-11,13,16,21-25,39H2,1-4H3,(H3-,40,43,44,45,46,47,48,49,50,51,52)/p-2. The van der Waals surface area contributed by atoms with Gasteiger partial charge in [0.25, 0.3) is 0 Å². The van der Waals surface area contributed by atoms with Gasteiger partial charge >= 0.3 is 0 Å². The van der Waals surface area contributed by atoms with E-state index < -0.39 is 51.8 Å². The second-order valence-corrected chi connectivity index (χ2v) is 19.4. The first-order valence-electron chi connectivity index (χ1n) is 18.5. The summed E-state index contributed by atoms with van der Waals surface area (Å²) in [4.78, 5) is 13.7. The minimum Gasteiger partial charge on any atom is -0.748 e. The summed E-state index contributed by atoms with van der Waals surface area (Å²) in [6.07, 6.45) is 12.0. The fourth-order valence-electron chi connectivity index (χ4n) is 7.40. The van der Waals surface area contributed by atoms with Crippen LogP contribution in [0.25, 0.3) is 0 Å². The number of allylic oxidation sites excluding steroid dienone is 4. The van der Waals surface area contributed by atoms with Crippen molar-refractivity contribution in [3.8, 4) is 0 Å². The smallest absolute Gasteiger partial charge is 0.219 e. The largest absolute Gasteiger partial charge is 0.748 e. The Labute approximate surface area is 325 Å². The highest BCUT2D eigenvalue weighted by atomic mass is 32.2. The maximum Gasteiger partial charge on any atom is 0.219 e. The predicted octanol–water partition coefficient (Wildman–Crippen LogP) is 4.24. The van der Waals surface area contributed by atoms with Gasteiger partial charge in [-0.05, 0) is 88.0 Å². The van der Waals surface area contributed by atoms with Gasteiger partial charge in [0.1, 0.15) is 26.8 Å². The first kappa shape index (κ1) is 44.3. The van der Waals surface area contributed by atoms with E-state index in [4.69, 9.17) is 5.73 Å². The number of nitrogens with one attached hydrogen (secondary N) is 1. The molecule has 4 rings (SSSR count). The van der Waals surface area contributed by atoms with Crippen molar-refractivity contribution in [3.63, 3.8) is 0 Å². The number of fused-ring (bicyclic) bond motifs is 2. The van der Waals surface area contributed by atoms with Crippen LogP contribution in [0.1, 0.15) is 96.6 Å². The molecule has 55 heavy (non-hydrogen) atoms. The van der Waals surface area contributed by atoms with Gasteiger partial charge in [-0.1, -0.05) is 39.2 Å². The second-order valence-electron chi connectivity index (χ2n) is 15.1. The molecule has 14 nitrogen and oxygen atoms in total. The van der Waals surface area contributed by atoms with Gasteiger partial charge in [-0.3, -0.25) is 4.79 Å². The topological polar surface area (TPSA) is 233 Å². The SMILES string of the molecule is CC1(C)C(/C=C/C=C2/N(CCCCCC(=O)NCCCCCCN)c3ccc(S(=O)(=O)[O-])cc3C2(C)C)=[N+](CCCS(=O)(=O)[O-])c2ccc(S(=O)(=O)[O-])cc21. The summed E-state index contributed by atoms with van der Waals surface area (Å²) < 4.78 is 108. The number of carbonyl (C=O) groups is 1. The molecule has 0 spiro atoms. The van der Waals surface area contributed by atoms with Crippen molar-refractivity contribution in [3.05, 3.63) is 71.5 Å². The number of anilines is 1. The molecule has 2 aliphatic heterocycles. The van der Waals surface area contributed by atoms with Crippen molar-refractivity contribution in [2.75, 3.05) is 36.8 Å².